The first-order valence-electron chi connectivity index (χ1n) is 10.6. The summed E-state index contributed by atoms with van der Waals surface area (Å²) in [6.07, 6.45) is 1.84. The van der Waals surface area contributed by atoms with E-state index >= 15 is 0 Å². The highest BCUT2D eigenvalue weighted by atomic mass is 32.2. The molecule has 2 amide bonds. The topological polar surface area (TPSA) is 104 Å². The van der Waals surface area contributed by atoms with Crippen LogP contribution in [0.25, 0.3) is 0 Å². The van der Waals surface area contributed by atoms with Crippen molar-refractivity contribution >= 4 is 38.9 Å². The van der Waals surface area contributed by atoms with Crippen molar-refractivity contribution in [3.8, 4) is 0 Å². The molecule has 3 aromatic rings. The van der Waals surface area contributed by atoms with Crippen molar-refractivity contribution in [1.29, 1.82) is 0 Å². The Morgan fingerprint density at radius 2 is 1.52 bits per heavy atom. The third-order valence-electron chi connectivity index (χ3n) is 5.37. The van der Waals surface area contributed by atoms with Crippen LogP contribution in [0.15, 0.2) is 71.6 Å². The van der Waals surface area contributed by atoms with E-state index in [2.05, 4.69) is 15.4 Å². The van der Waals surface area contributed by atoms with Gasteiger partial charge in [0.05, 0.1) is 4.90 Å². The Morgan fingerprint density at radius 3 is 2.18 bits per heavy atom. The minimum Gasteiger partial charge on any atom is -0.326 e. The Morgan fingerprint density at radius 1 is 0.818 bits per heavy atom. The van der Waals surface area contributed by atoms with Gasteiger partial charge in [-0.1, -0.05) is 18.2 Å². The largest absolute Gasteiger partial charge is 0.326 e. The number of carbonyl (C=O) groups excluding carboxylic acids is 2. The standard InChI is InChI=1S/C25H25N3O4S/c1-16-4-3-5-22(14-16)28-33(31,32)23-15-21(11-6-17(23)2)27-25(30)19-9-12-20(13-10-19)26-24(29)18-7-8-18/h3-6,9-15,18,28H,7-8H2,1-2H3,(H,26,29)(H,27,30). The molecule has 0 aliphatic heterocycles. The normalized spacial score (nSPS) is 13.3. The van der Waals surface area contributed by atoms with Crippen molar-refractivity contribution in [3.63, 3.8) is 0 Å². The summed E-state index contributed by atoms with van der Waals surface area (Å²) in [4.78, 5) is 24.6. The fourth-order valence-corrected chi connectivity index (χ4v) is 4.71. The van der Waals surface area contributed by atoms with Crippen molar-refractivity contribution < 1.29 is 18.0 Å². The lowest BCUT2D eigenvalue weighted by atomic mass is 10.1. The molecule has 0 unspecified atom stereocenters. The summed E-state index contributed by atoms with van der Waals surface area (Å²) in [6, 6.07) is 18.4. The second-order valence-corrected chi connectivity index (χ2v) is 9.90. The molecule has 0 saturated heterocycles. The van der Waals surface area contributed by atoms with Gasteiger partial charge >= 0.3 is 0 Å². The number of anilines is 3. The molecule has 4 rings (SSSR count). The Bertz CT molecular complexity index is 1310. The molecule has 7 nitrogen and oxygen atoms in total. The predicted octanol–water partition coefficient (Wildman–Crippen LogP) is 4.71. The molecule has 1 aliphatic carbocycles. The van der Waals surface area contributed by atoms with Gasteiger partial charge in [0, 0.05) is 28.5 Å². The van der Waals surface area contributed by atoms with Gasteiger partial charge in [0.1, 0.15) is 0 Å². The second kappa shape index (κ2) is 9.07. The maximum absolute atomic E-state index is 13.0. The van der Waals surface area contributed by atoms with Crippen LogP contribution in [-0.2, 0) is 14.8 Å². The van der Waals surface area contributed by atoms with Crippen molar-refractivity contribution in [1.82, 2.24) is 0 Å². The maximum atomic E-state index is 13.0. The summed E-state index contributed by atoms with van der Waals surface area (Å²) < 4.78 is 28.5. The number of hydrogen-bond donors (Lipinski definition) is 3. The molecule has 0 radical (unpaired) electrons. The molecule has 33 heavy (non-hydrogen) atoms. The Kier molecular flexibility index (Phi) is 6.20. The van der Waals surface area contributed by atoms with Gasteiger partial charge in [0.15, 0.2) is 0 Å². The number of hydrogen-bond acceptors (Lipinski definition) is 4. The zero-order valence-corrected chi connectivity index (χ0v) is 19.2. The molecule has 0 atom stereocenters. The van der Waals surface area contributed by atoms with Gasteiger partial charge in [-0.3, -0.25) is 14.3 Å². The highest BCUT2D eigenvalue weighted by molar-refractivity contribution is 7.92. The van der Waals surface area contributed by atoms with Crippen LogP contribution < -0.4 is 15.4 Å². The van der Waals surface area contributed by atoms with Crippen LogP contribution >= 0.6 is 0 Å². The van der Waals surface area contributed by atoms with Crippen molar-refractivity contribution in [2.45, 2.75) is 31.6 Å². The minimum atomic E-state index is -3.84. The van der Waals surface area contributed by atoms with Crippen LogP contribution in [0.3, 0.4) is 0 Å². The zero-order valence-electron chi connectivity index (χ0n) is 18.4. The summed E-state index contributed by atoms with van der Waals surface area (Å²) in [6.45, 7) is 3.58. The first kappa shape index (κ1) is 22.5. The summed E-state index contributed by atoms with van der Waals surface area (Å²) >= 11 is 0. The van der Waals surface area contributed by atoms with Gasteiger partial charge < -0.3 is 10.6 Å². The van der Waals surface area contributed by atoms with Crippen molar-refractivity contribution in [3.05, 3.63) is 83.4 Å². The van der Waals surface area contributed by atoms with Crippen LogP contribution in [0.4, 0.5) is 17.1 Å². The molecule has 170 valence electrons. The molecule has 3 aromatic carbocycles. The molecule has 0 spiro atoms. The third kappa shape index (κ3) is 5.59. The van der Waals surface area contributed by atoms with Gasteiger partial charge in [-0.25, -0.2) is 8.42 Å². The number of amides is 2. The van der Waals surface area contributed by atoms with E-state index in [1.165, 1.54) is 6.07 Å². The Hall–Kier alpha value is -3.65. The van der Waals surface area contributed by atoms with Crippen LogP contribution in [-0.4, -0.2) is 20.2 Å². The van der Waals surface area contributed by atoms with Gasteiger partial charge in [0.2, 0.25) is 5.91 Å². The van der Waals surface area contributed by atoms with Crippen molar-refractivity contribution in [2.75, 3.05) is 15.4 Å². The number of aryl methyl sites for hydroxylation is 2. The maximum Gasteiger partial charge on any atom is 0.262 e. The average Bonchev–Trinajstić information content (AvgIpc) is 3.61. The summed E-state index contributed by atoms with van der Waals surface area (Å²) in [5.41, 5.74) is 3.35. The van der Waals surface area contributed by atoms with Gasteiger partial charge in [0.25, 0.3) is 15.9 Å². The van der Waals surface area contributed by atoms with E-state index in [4.69, 9.17) is 0 Å². The molecule has 0 heterocycles. The third-order valence-corrected chi connectivity index (χ3v) is 6.89. The van der Waals surface area contributed by atoms with Crippen LogP contribution in [0.2, 0.25) is 0 Å². The number of benzene rings is 3. The summed E-state index contributed by atoms with van der Waals surface area (Å²) in [5.74, 6) is -0.283. The molecular formula is C25H25N3O4S. The monoisotopic (exact) mass is 463 g/mol. The van der Waals surface area contributed by atoms with E-state index < -0.39 is 10.0 Å². The molecule has 0 bridgehead atoms. The molecule has 3 N–H and O–H groups in total. The lowest BCUT2D eigenvalue weighted by Gasteiger charge is -2.13. The number of carbonyl (C=O) groups is 2. The van der Waals surface area contributed by atoms with E-state index in [1.54, 1.807) is 61.5 Å². The number of sulfonamides is 1. The quantitative estimate of drug-likeness (QED) is 0.472. The van der Waals surface area contributed by atoms with Gasteiger partial charge in [-0.05, 0) is 86.3 Å². The highest BCUT2D eigenvalue weighted by Gasteiger charge is 2.29. The van der Waals surface area contributed by atoms with E-state index in [1.807, 2.05) is 13.0 Å². The molecule has 0 aromatic heterocycles. The van der Waals surface area contributed by atoms with Crippen molar-refractivity contribution in [2.24, 2.45) is 5.92 Å². The molecule has 1 fully saturated rings. The molecule has 8 heteroatoms. The first-order chi connectivity index (χ1) is 15.7. The van der Waals surface area contributed by atoms with Crippen LogP contribution in [0.5, 0.6) is 0 Å². The van der Waals surface area contributed by atoms with E-state index in [0.29, 0.717) is 28.2 Å². The Balaban J connectivity index is 1.48. The Labute approximate surface area is 193 Å². The fraction of sp³-hybridized carbons (Fsp3) is 0.200. The number of rotatable bonds is 7. The SMILES string of the molecule is Cc1cccc(NS(=O)(=O)c2cc(NC(=O)c3ccc(NC(=O)C4CC4)cc3)ccc2C)c1. The predicted molar refractivity (Wildman–Crippen MR) is 129 cm³/mol. The van der Waals surface area contributed by atoms with E-state index in [0.717, 1.165) is 18.4 Å². The van der Waals surface area contributed by atoms with Crippen LogP contribution in [0, 0.1) is 19.8 Å². The summed E-state index contributed by atoms with van der Waals surface area (Å²) in [5, 5.41) is 5.57. The molecule has 1 aliphatic rings. The fourth-order valence-electron chi connectivity index (χ4n) is 3.38. The van der Waals surface area contributed by atoms with Gasteiger partial charge in [-0.2, -0.15) is 0 Å². The summed E-state index contributed by atoms with van der Waals surface area (Å²) in [7, 11) is -3.84. The van der Waals surface area contributed by atoms with E-state index in [-0.39, 0.29) is 22.6 Å². The molecule has 1 saturated carbocycles. The lowest BCUT2D eigenvalue weighted by molar-refractivity contribution is -0.117. The highest BCUT2D eigenvalue weighted by Crippen LogP contribution is 2.30. The van der Waals surface area contributed by atoms with E-state index in [9.17, 15) is 18.0 Å². The zero-order chi connectivity index (χ0) is 23.6. The smallest absolute Gasteiger partial charge is 0.262 e. The first-order valence-corrected chi connectivity index (χ1v) is 12.1. The minimum absolute atomic E-state index is 0.000122. The molecular weight excluding hydrogens is 438 g/mol. The lowest BCUT2D eigenvalue weighted by Crippen LogP contribution is -2.16. The average molecular weight is 464 g/mol. The van der Waals surface area contributed by atoms with Crippen LogP contribution in [0.1, 0.15) is 34.3 Å². The number of nitrogens with one attached hydrogen (secondary N) is 3. The second-order valence-electron chi connectivity index (χ2n) is 8.25. The van der Waals surface area contributed by atoms with Gasteiger partial charge in [-0.15, -0.1) is 0 Å².